The molecule has 0 aliphatic carbocycles. The zero-order chi connectivity index (χ0) is 12.3. The Hall–Kier alpha value is -1.74. The molecule has 0 fully saturated rings. The Labute approximate surface area is 104 Å². The Morgan fingerprint density at radius 3 is 2.82 bits per heavy atom. The van der Waals surface area contributed by atoms with E-state index in [4.69, 9.17) is 16.3 Å². The Morgan fingerprint density at radius 1 is 1.29 bits per heavy atom. The van der Waals surface area contributed by atoms with Gasteiger partial charge in [0.25, 0.3) is 5.56 Å². The minimum Gasteiger partial charge on any atom is -0.496 e. The number of rotatable bonds is 3. The minimum atomic E-state index is -0.0467. The molecule has 17 heavy (non-hydrogen) atoms. The van der Waals surface area contributed by atoms with Gasteiger partial charge < -0.3 is 9.30 Å². The van der Waals surface area contributed by atoms with Gasteiger partial charge in [0.2, 0.25) is 0 Å². The van der Waals surface area contributed by atoms with Crippen LogP contribution in [0, 0.1) is 0 Å². The maximum atomic E-state index is 11.6. The first-order valence-corrected chi connectivity index (χ1v) is 5.56. The molecule has 0 aliphatic rings. The van der Waals surface area contributed by atoms with Crippen LogP contribution in [-0.2, 0) is 6.54 Å². The molecule has 0 radical (unpaired) electrons. The van der Waals surface area contributed by atoms with Crippen LogP contribution in [-0.4, -0.2) is 11.7 Å². The Kier molecular flexibility index (Phi) is 3.49. The Balaban J connectivity index is 2.39. The van der Waals surface area contributed by atoms with Crippen molar-refractivity contribution in [3.63, 3.8) is 0 Å². The van der Waals surface area contributed by atoms with Crippen molar-refractivity contribution in [3.8, 4) is 5.75 Å². The molecule has 0 unspecified atom stereocenters. The third-order valence-electron chi connectivity index (χ3n) is 2.48. The summed E-state index contributed by atoms with van der Waals surface area (Å²) < 4.78 is 6.84. The molecule has 1 aromatic carbocycles. The lowest BCUT2D eigenvalue weighted by molar-refractivity contribution is 0.408. The summed E-state index contributed by atoms with van der Waals surface area (Å²) in [5, 5.41) is 0.629. The van der Waals surface area contributed by atoms with Crippen molar-refractivity contribution in [2.24, 2.45) is 0 Å². The summed E-state index contributed by atoms with van der Waals surface area (Å²) in [4.78, 5) is 11.6. The molecule has 2 aromatic rings. The maximum absolute atomic E-state index is 11.6. The average molecular weight is 250 g/mol. The van der Waals surface area contributed by atoms with Crippen LogP contribution in [0.2, 0.25) is 5.02 Å². The molecule has 1 heterocycles. The maximum Gasteiger partial charge on any atom is 0.250 e. The van der Waals surface area contributed by atoms with E-state index in [1.807, 2.05) is 6.07 Å². The van der Waals surface area contributed by atoms with Crippen LogP contribution in [0.25, 0.3) is 0 Å². The summed E-state index contributed by atoms with van der Waals surface area (Å²) in [6, 6.07) is 10.4. The summed E-state index contributed by atoms with van der Waals surface area (Å²) >= 11 is 5.94. The fourth-order valence-corrected chi connectivity index (χ4v) is 1.84. The quantitative estimate of drug-likeness (QED) is 0.837. The SMILES string of the molecule is COc1ccc(Cl)cc1Cn1ccccc1=O. The van der Waals surface area contributed by atoms with E-state index in [1.165, 1.54) is 6.07 Å². The fraction of sp³-hybridized carbons (Fsp3) is 0.154. The third kappa shape index (κ3) is 2.68. The van der Waals surface area contributed by atoms with Crippen molar-refractivity contribution < 1.29 is 4.74 Å². The number of halogens is 1. The predicted octanol–water partition coefficient (Wildman–Crippen LogP) is 2.56. The normalized spacial score (nSPS) is 10.2. The molecule has 0 atom stereocenters. The predicted molar refractivity (Wildman–Crippen MR) is 67.8 cm³/mol. The lowest BCUT2D eigenvalue weighted by atomic mass is 10.2. The van der Waals surface area contributed by atoms with Crippen molar-refractivity contribution in [2.75, 3.05) is 7.11 Å². The number of aromatic nitrogens is 1. The van der Waals surface area contributed by atoms with E-state index in [2.05, 4.69) is 0 Å². The monoisotopic (exact) mass is 249 g/mol. The number of hydrogen-bond donors (Lipinski definition) is 0. The second kappa shape index (κ2) is 5.06. The van der Waals surface area contributed by atoms with Crippen LogP contribution < -0.4 is 10.3 Å². The van der Waals surface area contributed by atoms with Gasteiger partial charge in [-0.2, -0.15) is 0 Å². The third-order valence-corrected chi connectivity index (χ3v) is 2.72. The van der Waals surface area contributed by atoms with E-state index in [0.29, 0.717) is 11.6 Å². The molecule has 0 aliphatic heterocycles. The first kappa shape index (κ1) is 11.7. The summed E-state index contributed by atoms with van der Waals surface area (Å²) in [6.07, 6.45) is 1.74. The topological polar surface area (TPSA) is 31.2 Å². The lowest BCUT2D eigenvalue weighted by Crippen LogP contribution is -2.18. The largest absolute Gasteiger partial charge is 0.496 e. The van der Waals surface area contributed by atoms with E-state index >= 15 is 0 Å². The van der Waals surface area contributed by atoms with Crippen LogP contribution in [0.5, 0.6) is 5.75 Å². The molecule has 2 rings (SSSR count). The van der Waals surface area contributed by atoms with Crippen LogP contribution in [0.4, 0.5) is 0 Å². The number of nitrogens with zero attached hydrogens (tertiary/aromatic N) is 1. The van der Waals surface area contributed by atoms with Gasteiger partial charge in [-0.1, -0.05) is 17.7 Å². The van der Waals surface area contributed by atoms with E-state index in [9.17, 15) is 4.79 Å². The zero-order valence-corrected chi connectivity index (χ0v) is 10.1. The van der Waals surface area contributed by atoms with Gasteiger partial charge in [-0.05, 0) is 24.3 Å². The van der Waals surface area contributed by atoms with Crippen molar-refractivity contribution in [1.82, 2.24) is 4.57 Å². The molecule has 0 bridgehead atoms. The van der Waals surface area contributed by atoms with Crippen molar-refractivity contribution in [1.29, 1.82) is 0 Å². The molecule has 0 amide bonds. The lowest BCUT2D eigenvalue weighted by Gasteiger charge is -2.10. The molecule has 0 saturated carbocycles. The highest BCUT2D eigenvalue weighted by Crippen LogP contribution is 2.22. The first-order chi connectivity index (χ1) is 8.20. The molecule has 88 valence electrons. The molecule has 3 nitrogen and oxygen atoms in total. The van der Waals surface area contributed by atoms with Gasteiger partial charge in [0, 0.05) is 22.8 Å². The standard InChI is InChI=1S/C13H12ClNO2/c1-17-12-6-5-11(14)8-10(12)9-15-7-3-2-4-13(15)16/h2-8H,9H2,1H3. The summed E-state index contributed by atoms with van der Waals surface area (Å²) in [6.45, 7) is 0.448. The van der Waals surface area contributed by atoms with Crippen molar-refractivity contribution in [3.05, 3.63) is 63.5 Å². The van der Waals surface area contributed by atoms with Gasteiger partial charge >= 0.3 is 0 Å². The average Bonchev–Trinajstić information content (AvgIpc) is 2.32. The molecule has 0 spiro atoms. The van der Waals surface area contributed by atoms with Crippen LogP contribution in [0.1, 0.15) is 5.56 Å². The van der Waals surface area contributed by atoms with Crippen LogP contribution in [0.3, 0.4) is 0 Å². The second-order valence-corrected chi connectivity index (χ2v) is 4.06. The summed E-state index contributed by atoms with van der Waals surface area (Å²) in [5.41, 5.74) is 0.836. The van der Waals surface area contributed by atoms with Crippen LogP contribution >= 0.6 is 11.6 Å². The van der Waals surface area contributed by atoms with Crippen molar-refractivity contribution in [2.45, 2.75) is 6.54 Å². The number of hydrogen-bond acceptors (Lipinski definition) is 2. The highest BCUT2D eigenvalue weighted by atomic mass is 35.5. The van der Waals surface area contributed by atoms with E-state index in [-0.39, 0.29) is 5.56 Å². The molecule has 0 N–H and O–H groups in total. The molecule has 4 heteroatoms. The molecule has 1 aromatic heterocycles. The second-order valence-electron chi connectivity index (χ2n) is 3.62. The summed E-state index contributed by atoms with van der Waals surface area (Å²) in [5.74, 6) is 0.727. The van der Waals surface area contributed by atoms with Crippen LogP contribution in [0.15, 0.2) is 47.4 Å². The first-order valence-electron chi connectivity index (χ1n) is 5.18. The minimum absolute atomic E-state index is 0.0467. The Morgan fingerprint density at radius 2 is 2.12 bits per heavy atom. The van der Waals surface area contributed by atoms with Gasteiger partial charge in [-0.15, -0.1) is 0 Å². The fourth-order valence-electron chi connectivity index (χ4n) is 1.65. The van der Waals surface area contributed by atoms with E-state index in [0.717, 1.165) is 11.3 Å². The van der Waals surface area contributed by atoms with Gasteiger partial charge in [0.15, 0.2) is 0 Å². The van der Waals surface area contributed by atoms with Gasteiger partial charge in [-0.25, -0.2) is 0 Å². The number of benzene rings is 1. The molecule has 0 saturated heterocycles. The number of ether oxygens (including phenoxy) is 1. The van der Waals surface area contributed by atoms with Gasteiger partial charge in [-0.3, -0.25) is 4.79 Å². The number of methoxy groups -OCH3 is 1. The van der Waals surface area contributed by atoms with Gasteiger partial charge in [0.1, 0.15) is 5.75 Å². The van der Waals surface area contributed by atoms with E-state index in [1.54, 1.807) is 42.1 Å². The summed E-state index contributed by atoms with van der Waals surface area (Å²) in [7, 11) is 1.60. The van der Waals surface area contributed by atoms with E-state index < -0.39 is 0 Å². The molecular formula is C13H12ClNO2. The van der Waals surface area contributed by atoms with Gasteiger partial charge in [0.05, 0.1) is 13.7 Å². The zero-order valence-electron chi connectivity index (χ0n) is 9.39. The molecular weight excluding hydrogens is 238 g/mol. The highest BCUT2D eigenvalue weighted by molar-refractivity contribution is 6.30. The smallest absolute Gasteiger partial charge is 0.250 e. The Bertz CT molecular complexity index is 578. The highest BCUT2D eigenvalue weighted by Gasteiger charge is 2.05. The van der Waals surface area contributed by atoms with Crippen molar-refractivity contribution >= 4 is 11.6 Å². The number of pyridine rings is 1.